The highest BCUT2D eigenvalue weighted by molar-refractivity contribution is 5.83. The lowest BCUT2D eigenvalue weighted by atomic mass is 10.2. The van der Waals surface area contributed by atoms with Crippen molar-refractivity contribution in [1.82, 2.24) is 15.0 Å². The molecule has 1 aliphatic carbocycles. The lowest BCUT2D eigenvalue weighted by molar-refractivity contribution is 0.881. The average Bonchev–Trinajstić information content (AvgIpc) is 3.34. The first-order valence-corrected chi connectivity index (χ1v) is 8.33. The first-order chi connectivity index (χ1) is 12.3. The number of aromatic nitrogens is 3. The van der Waals surface area contributed by atoms with E-state index >= 15 is 0 Å². The fourth-order valence-corrected chi connectivity index (χ4v) is 2.67. The summed E-state index contributed by atoms with van der Waals surface area (Å²) in [6.07, 6.45) is 9.35. The van der Waals surface area contributed by atoms with Gasteiger partial charge in [0, 0.05) is 47.2 Å². The lowest BCUT2D eigenvalue weighted by Gasteiger charge is -2.11. The summed E-state index contributed by atoms with van der Waals surface area (Å²) in [6, 6.07) is 10.1. The zero-order valence-electron chi connectivity index (χ0n) is 13.7. The molecule has 3 N–H and O–H groups in total. The zero-order chi connectivity index (χ0) is 17.1. The van der Waals surface area contributed by atoms with Gasteiger partial charge in [-0.3, -0.25) is 0 Å². The molecule has 25 heavy (non-hydrogen) atoms. The predicted octanol–water partition coefficient (Wildman–Crippen LogP) is 4.06. The molecular formula is C19H18N6. The largest absolute Gasteiger partial charge is 0.369 e. The van der Waals surface area contributed by atoms with Gasteiger partial charge in [-0.15, -0.1) is 0 Å². The van der Waals surface area contributed by atoms with Crippen LogP contribution < -0.4 is 10.6 Å². The summed E-state index contributed by atoms with van der Waals surface area (Å²) < 4.78 is 0. The maximum absolute atomic E-state index is 8.75. The Balaban J connectivity index is 1.58. The fourth-order valence-electron chi connectivity index (χ4n) is 2.67. The highest BCUT2D eigenvalue weighted by Crippen LogP contribution is 2.29. The molecular weight excluding hydrogens is 312 g/mol. The Morgan fingerprint density at radius 2 is 2.24 bits per heavy atom. The van der Waals surface area contributed by atoms with Crippen LogP contribution in [0.3, 0.4) is 0 Å². The van der Waals surface area contributed by atoms with Crippen molar-refractivity contribution in [3.8, 4) is 6.07 Å². The fraction of sp³-hybridized carbons (Fsp3) is 0.211. The minimum Gasteiger partial charge on any atom is -0.369 e. The van der Waals surface area contributed by atoms with Crippen LogP contribution in [0.5, 0.6) is 0 Å². The van der Waals surface area contributed by atoms with Crippen molar-refractivity contribution in [2.75, 3.05) is 17.2 Å². The van der Waals surface area contributed by atoms with Gasteiger partial charge >= 0.3 is 0 Å². The van der Waals surface area contributed by atoms with Crippen LogP contribution in [-0.2, 0) is 0 Å². The number of hydrogen-bond donors (Lipinski definition) is 3. The molecule has 0 radical (unpaired) electrons. The molecule has 0 spiro atoms. The Morgan fingerprint density at radius 3 is 3.08 bits per heavy atom. The SMILES string of the molecule is N#CC=Cc1cnc(Nc2ccc3[nH]ccc3c2)nc1NCC1CC1. The molecule has 1 fully saturated rings. The summed E-state index contributed by atoms with van der Waals surface area (Å²) in [5, 5.41) is 16.5. The normalized spacial score (nSPS) is 13.9. The van der Waals surface area contributed by atoms with Crippen molar-refractivity contribution in [3.63, 3.8) is 0 Å². The van der Waals surface area contributed by atoms with Crippen molar-refractivity contribution in [3.05, 3.63) is 48.3 Å². The molecule has 1 aromatic carbocycles. The summed E-state index contributed by atoms with van der Waals surface area (Å²) in [6.45, 7) is 0.902. The Morgan fingerprint density at radius 1 is 1.32 bits per heavy atom. The number of anilines is 3. The Labute approximate surface area is 145 Å². The summed E-state index contributed by atoms with van der Waals surface area (Å²) in [7, 11) is 0. The van der Waals surface area contributed by atoms with E-state index in [1.807, 2.05) is 30.5 Å². The molecule has 1 aliphatic rings. The van der Waals surface area contributed by atoms with Gasteiger partial charge in [0.2, 0.25) is 5.95 Å². The van der Waals surface area contributed by atoms with E-state index in [1.54, 1.807) is 12.3 Å². The Bertz CT molecular complexity index is 961. The van der Waals surface area contributed by atoms with E-state index in [0.29, 0.717) is 5.95 Å². The number of rotatable bonds is 6. The summed E-state index contributed by atoms with van der Waals surface area (Å²) >= 11 is 0. The van der Waals surface area contributed by atoms with E-state index in [2.05, 4.69) is 31.7 Å². The smallest absolute Gasteiger partial charge is 0.229 e. The number of nitrogens with zero attached hydrogens (tertiary/aromatic N) is 3. The van der Waals surface area contributed by atoms with Gasteiger partial charge < -0.3 is 15.6 Å². The van der Waals surface area contributed by atoms with Crippen molar-refractivity contribution < 1.29 is 0 Å². The van der Waals surface area contributed by atoms with E-state index in [0.717, 1.165) is 40.4 Å². The van der Waals surface area contributed by atoms with Crippen LogP contribution in [0, 0.1) is 17.2 Å². The van der Waals surface area contributed by atoms with Gasteiger partial charge in [-0.1, -0.05) is 0 Å². The molecule has 4 rings (SSSR count). The Kier molecular flexibility index (Phi) is 4.05. The van der Waals surface area contributed by atoms with Crippen LogP contribution in [0.2, 0.25) is 0 Å². The van der Waals surface area contributed by atoms with Crippen LogP contribution in [-0.4, -0.2) is 21.5 Å². The van der Waals surface area contributed by atoms with Crippen molar-refractivity contribution in [2.24, 2.45) is 5.92 Å². The topological polar surface area (TPSA) is 89.4 Å². The molecule has 124 valence electrons. The van der Waals surface area contributed by atoms with Crippen LogP contribution in [0.4, 0.5) is 17.5 Å². The van der Waals surface area contributed by atoms with Gasteiger partial charge in [-0.2, -0.15) is 10.2 Å². The molecule has 0 unspecified atom stereocenters. The summed E-state index contributed by atoms with van der Waals surface area (Å²) in [4.78, 5) is 12.1. The van der Waals surface area contributed by atoms with Crippen LogP contribution in [0.25, 0.3) is 17.0 Å². The maximum Gasteiger partial charge on any atom is 0.229 e. The second-order valence-electron chi connectivity index (χ2n) is 6.19. The van der Waals surface area contributed by atoms with E-state index in [9.17, 15) is 0 Å². The zero-order valence-corrected chi connectivity index (χ0v) is 13.7. The van der Waals surface area contributed by atoms with Crippen LogP contribution in [0.15, 0.2) is 42.7 Å². The van der Waals surface area contributed by atoms with Crippen LogP contribution >= 0.6 is 0 Å². The minimum absolute atomic E-state index is 0.530. The molecule has 2 aromatic heterocycles. The van der Waals surface area contributed by atoms with E-state index in [-0.39, 0.29) is 0 Å². The molecule has 1 saturated carbocycles. The van der Waals surface area contributed by atoms with Gasteiger partial charge in [0.25, 0.3) is 0 Å². The summed E-state index contributed by atoms with van der Waals surface area (Å²) in [5.41, 5.74) is 2.84. The van der Waals surface area contributed by atoms with Crippen molar-refractivity contribution in [2.45, 2.75) is 12.8 Å². The molecule has 2 heterocycles. The Hall–Kier alpha value is -3.33. The number of hydrogen-bond acceptors (Lipinski definition) is 5. The molecule has 0 atom stereocenters. The third kappa shape index (κ3) is 3.61. The highest BCUT2D eigenvalue weighted by atomic mass is 15.1. The third-order valence-electron chi connectivity index (χ3n) is 4.22. The van der Waals surface area contributed by atoms with Gasteiger partial charge in [-0.05, 0) is 49.1 Å². The van der Waals surface area contributed by atoms with E-state index in [4.69, 9.17) is 5.26 Å². The molecule has 0 bridgehead atoms. The number of fused-ring (bicyclic) bond motifs is 1. The highest BCUT2D eigenvalue weighted by Gasteiger charge is 2.21. The molecule has 6 heteroatoms. The average molecular weight is 330 g/mol. The first-order valence-electron chi connectivity index (χ1n) is 8.33. The second kappa shape index (κ2) is 6.65. The molecule has 0 saturated heterocycles. The van der Waals surface area contributed by atoms with E-state index < -0.39 is 0 Å². The first kappa shape index (κ1) is 15.2. The van der Waals surface area contributed by atoms with E-state index in [1.165, 1.54) is 18.9 Å². The molecule has 0 amide bonds. The number of benzene rings is 1. The standard InChI is InChI=1S/C19H18N6/c20-8-1-2-15-12-23-19(25-18(15)22-11-13-3-4-13)24-16-5-6-17-14(10-16)7-9-21-17/h1-2,5-7,9-10,12-13,21H,3-4,11H2,(H2,22,23,24,25). The summed E-state index contributed by atoms with van der Waals surface area (Å²) in [5.74, 6) is 2.01. The predicted molar refractivity (Wildman–Crippen MR) is 99.5 cm³/mol. The van der Waals surface area contributed by atoms with Crippen LogP contribution in [0.1, 0.15) is 18.4 Å². The minimum atomic E-state index is 0.530. The molecule has 0 aliphatic heterocycles. The van der Waals surface area contributed by atoms with Gasteiger partial charge in [0.05, 0.1) is 6.07 Å². The number of H-pyrrole nitrogens is 1. The third-order valence-corrected chi connectivity index (χ3v) is 4.22. The number of nitrogens with one attached hydrogen (secondary N) is 3. The van der Waals surface area contributed by atoms with Gasteiger partial charge in [-0.25, -0.2) is 4.98 Å². The monoisotopic (exact) mass is 330 g/mol. The van der Waals surface area contributed by atoms with Crippen molar-refractivity contribution in [1.29, 1.82) is 5.26 Å². The lowest BCUT2D eigenvalue weighted by Crippen LogP contribution is -2.08. The molecule has 6 nitrogen and oxygen atoms in total. The maximum atomic E-state index is 8.75. The van der Waals surface area contributed by atoms with Gasteiger partial charge in [0.15, 0.2) is 0 Å². The quantitative estimate of drug-likeness (QED) is 0.593. The number of nitriles is 1. The van der Waals surface area contributed by atoms with Gasteiger partial charge in [0.1, 0.15) is 5.82 Å². The number of aromatic amines is 1. The second-order valence-corrected chi connectivity index (χ2v) is 6.19. The molecule has 3 aromatic rings. The van der Waals surface area contributed by atoms with Crippen molar-refractivity contribution >= 4 is 34.4 Å². The number of allylic oxidation sites excluding steroid dienone is 1.